The molecular formula is C50H96N2O22. The summed E-state index contributed by atoms with van der Waals surface area (Å²) < 4.78 is 21.7. The van der Waals surface area contributed by atoms with E-state index in [1.54, 1.807) is 0 Å². The molecule has 0 aromatic carbocycles. The van der Waals surface area contributed by atoms with Gasteiger partial charge in [0.05, 0.1) is 26.4 Å². The van der Waals surface area contributed by atoms with E-state index >= 15 is 0 Å². The molecule has 0 bridgehead atoms. The van der Waals surface area contributed by atoms with Gasteiger partial charge in [-0.2, -0.15) is 0 Å². The molecular weight excluding hydrogens is 981 g/mol. The Hall–Kier alpha value is -1.86. The van der Waals surface area contributed by atoms with Crippen LogP contribution in [0.3, 0.4) is 0 Å². The van der Waals surface area contributed by atoms with Crippen molar-refractivity contribution in [2.45, 2.75) is 253 Å². The Morgan fingerprint density at radius 1 is 0.419 bits per heavy atom. The molecule has 18 atom stereocenters. The highest BCUT2D eigenvalue weighted by atomic mass is 16.7. The van der Waals surface area contributed by atoms with Gasteiger partial charge in [-0.25, -0.2) is 0 Å². The molecule has 74 heavy (non-hydrogen) atoms. The standard InChI is InChI=1S/C50H96N2O22/c1-3-5-7-9-11-13-15-17-19-21-23-51(47(69)41(65)39(63)45(31(57)27-53)73-49-43(67)37(61)35(59)33(29-55)71-49)25-26-52(24-22-20-18-16-14-12-10-8-6-4-2)48(70)42(66)40(64)46(32(58)28-54)74-50-44(68)38(62)36(60)34(30-56)72-50/h31-46,49-50,53-68H,3-30H2,1-2H3/t31-,32-,33-,34-,35+,36+,37+,38+,39-,40-,41-,42-,43-,44-,45-,46-,49+,50+/m1/s1. The normalized spacial score (nSPS) is 27.7. The number of amides is 2. The van der Waals surface area contributed by atoms with Gasteiger partial charge >= 0.3 is 0 Å². The number of ether oxygens (including phenoxy) is 4. The van der Waals surface area contributed by atoms with Crippen molar-refractivity contribution in [3.05, 3.63) is 0 Å². The van der Waals surface area contributed by atoms with Crippen LogP contribution in [0.2, 0.25) is 0 Å². The number of hydrogen-bond acceptors (Lipinski definition) is 22. The van der Waals surface area contributed by atoms with Crippen molar-refractivity contribution in [2.24, 2.45) is 0 Å². The molecule has 2 rings (SSSR count). The van der Waals surface area contributed by atoms with Crippen molar-refractivity contribution >= 4 is 11.8 Å². The van der Waals surface area contributed by atoms with Crippen molar-refractivity contribution < 1.29 is 110 Å². The number of aliphatic hydroxyl groups is 16. The minimum atomic E-state index is -2.41. The van der Waals surface area contributed by atoms with Crippen molar-refractivity contribution in [3.63, 3.8) is 0 Å². The molecule has 16 N–H and O–H groups in total. The zero-order valence-electron chi connectivity index (χ0n) is 43.7. The maximum atomic E-state index is 14.3. The maximum absolute atomic E-state index is 14.3. The predicted molar refractivity (Wildman–Crippen MR) is 264 cm³/mol. The van der Waals surface area contributed by atoms with E-state index in [2.05, 4.69) is 13.8 Å². The molecule has 0 aromatic heterocycles. The van der Waals surface area contributed by atoms with E-state index in [1.807, 2.05) is 0 Å². The molecule has 0 saturated carbocycles. The first kappa shape index (κ1) is 68.2. The van der Waals surface area contributed by atoms with Crippen LogP contribution in [-0.4, -0.2) is 266 Å². The Morgan fingerprint density at radius 2 is 0.703 bits per heavy atom. The first-order chi connectivity index (χ1) is 35.4. The number of nitrogens with zero attached hydrogens (tertiary/aromatic N) is 2. The van der Waals surface area contributed by atoms with Crippen LogP contribution in [0.25, 0.3) is 0 Å². The first-order valence-electron chi connectivity index (χ1n) is 27.2. The van der Waals surface area contributed by atoms with Crippen molar-refractivity contribution in [1.82, 2.24) is 9.80 Å². The SMILES string of the molecule is CCCCCCCCCCCCN(CCN(CCCCCCCCCCCC)C(=O)[C@H](O)[C@@H](O)[C@H](O[C@@H]1O[C@H](CO)[C@H](O)[C@H](O)[C@H]1O)[C@H](O)CO)C(=O)[C@H](O)[C@@H](O)[C@H](O[C@@H]1O[C@H](CO)[C@H](O)[C@H](O)[C@H]1O)[C@H](O)CO. The van der Waals surface area contributed by atoms with E-state index in [1.165, 1.54) is 12.8 Å². The van der Waals surface area contributed by atoms with Crippen LogP contribution in [-0.2, 0) is 28.5 Å². The van der Waals surface area contributed by atoms with Crippen molar-refractivity contribution in [2.75, 3.05) is 52.6 Å². The zero-order chi connectivity index (χ0) is 55.3. The predicted octanol–water partition coefficient (Wildman–Crippen LogP) is -2.99. The molecule has 24 nitrogen and oxygen atoms in total. The highest BCUT2D eigenvalue weighted by Crippen LogP contribution is 2.28. The quantitative estimate of drug-likeness (QED) is 0.0271. The maximum Gasteiger partial charge on any atom is 0.254 e. The van der Waals surface area contributed by atoms with Crippen molar-refractivity contribution in [3.8, 4) is 0 Å². The smallest absolute Gasteiger partial charge is 0.254 e. The third-order valence-electron chi connectivity index (χ3n) is 14.1. The number of rotatable bonds is 41. The van der Waals surface area contributed by atoms with Crippen molar-refractivity contribution in [1.29, 1.82) is 0 Å². The minimum Gasteiger partial charge on any atom is -0.394 e. The van der Waals surface area contributed by atoms with Gasteiger partial charge in [-0.3, -0.25) is 9.59 Å². The second-order valence-electron chi connectivity index (χ2n) is 20.0. The summed E-state index contributed by atoms with van der Waals surface area (Å²) in [6.45, 7) is -0.410. The van der Waals surface area contributed by atoms with E-state index in [9.17, 15) is 91.3 Å². The summed E-state index contributed by atoms with van der Waals surface area (Å²) in [7, 11) is 0. The van der Waals surface area contributed by atoms with Crippen LogP contribution >= 0.6 is 0 Å². The molecule has 2 fully saturated rings. The summed E-state index contributed by atoms with van der Waals surface area (Å²) in [5.41, 5.74) is 0. The molecule has 0 aliphatic carbocycles. The average molecular weight is 1080 g/mol. The minimum absolute atomic E-state index is 0.0386. The molecule has 438 valence electrons. The Kier molecular flexibility index (Phi) is 34.9. The fourth-order valence-corrected chi connectivity index (χ4v) is 9.19. The molecule has 2 aliphatic rings. The second-order valence-corrected chi connectivity index (χ2v) is 20.0. The van der Waals surface area contributed by atoms with Crippen LogP contribution in [0.1, 0.15) is 142 Å². The Bertz CT molecular complexity index is 1350. The van der Waals surface area contributed by atoms with E-state index in [0.717, 1.165) is 99.7 Å². The van der Waals surface area contributed by atoms with Crippen LogP contribution in [0, 0.1) is 0 Å². The molecule has 2 heterocycles. The Morgan fingerprint density at radius 3 is 0.973 bits per heavy atom. The summed E-state index contributed by atoms with van der Waals surface area (Å²) in [5.74, 6) is -2.26. The van der Waals surface area contributed by atoms with Gasteiger partial charge in [0.15, 0.2) is 24.8 Å². The number of unbranched alkanes of at least 4 members (excludes halogenated alkanes) is 18. The number of carbonyl (C=O) groups excluding carboxylic acids is 2. The molecule has 2 saturated heterocycles. The molecule has 0 radical (unpaired) electrons. The van der Waals surface area contributed by atoms with Gasteiger partial charge in [-0.05, 0) is 12.8 Å². The average Bonchev–Trinajstić information content (AvgIpc) is 3.40. The Balaban J connectivity index is 2.43. The second kappa shape index (κ2) is 37.9. The third kappa shape index (κ3) is 22.1. The van der Waals surface area contributed by atoms with Gasteiger partial charge in [-0.1, -0.05) is 129 Å². The van der Waals surface area contributed by atoms with E-state index in [-0.39, 0.29) is 26.2 Å². The number of aliphatic hydroxyl groups excluding tert-OH is 16. The lowest BCUT2D eigenvalue weighted by atomic mass is 9.98. The largest absolute Gasteiger partial charge is 0.394 e. The van der Waals surface area contributed by atoms with Crippen LogP contribution in [0.5, 0.6) is 0 Å². The van der Waals surface area contributed by atoms with Gasteiger partial charge < -0.3 is 110 Å². The lowest BCUT2D eigenvalue weighted by Gasteiger charge is -2.42. The summed E-state index contributed by atoms with van der Waals surface area (Å²) in [4.78, 5) is 30.9. The van der Waals surface area contributed by atoms with E-state index in [0.29, 0.717) is 25.7 Å². The summed E-state index contributed by atoms with van der Waals surface area (Å²) in [6, 6.07) is 0. The highest BCUT2D eigenvalue weighted by molar-refractivity contribution is 5.82. The summed E-state index contributed by atoms with van der Waals surface area (Å²) in [5, 5.41) is 169. The van der Waals surface area contributed by atoms with E-state index in [4.69, 9.17) is 18.9 Å². The topological polar surface area (TPSA) is 401 Å². The van der Waals surface area contributed by atoms with Gasteiger partial charge in [0, 0.05) is 26.2 Å². The van der Waals surface area contributed by atoms with Gasteiger partial charge in [-0.15, -0.1) is 0 Å². The highest BCUT2D eigenvalue weighted by Gasteiger charge is 2.49. The Labute approximate surface area is 436 Å². The summed E-state index contributed by atoms with van der Waals surface area (Å²) in [6.07, 6.45) is -17.4. The zero-order valence-corrected chi connectivity index (χ0v) is 43.7. The fraction of sp³-hybridized carbons (Fsp3) is 0.960. The molecule has 0 aromatic rings. The van der Waals surface area contributed by atoms with Crippen LogP contribution in [0.15, 0.2) is 0 Å². The molecule has 0 spiro atoms. The molecule has 24 heteroatoms. The third-order valence-corrected chi connectivity index (χ3v) is 14.1. The van der Waals surface area contributed by atoms with Gasteiger partial charge in [0.25, 0.3) is 11.8 Å². The van der Waals surface area contributed by atoms with Crippen LogP contribution in [0.4, 0.5) is 0 Å². The molecule has 0 unspecified atom stereocenters. The monoisotopic (exact) mass is 1080 g/mol. The van der Waals surface area contributed by atoms with Gasteiger partial charge in [0.2, 0.25) is 0 Å². The molecule has 2 aliphatic heterocycles. The van der Waals surface area contributed by atoms with Crippen LogP contribution < -0.4 is 0 Å². The fourth-order valence-electron chi connectivity index (χ4n) is 9.19. The van der Waals surface area contributed by atoms with Gasteiger partial charge in [0.1, 0.15) is 85.5 Å². The summed E-state index contributed by atoms with van der Waals surface area (Å²) >= 11 is 0. The lowest BCUT2D eigenvalue weighted by Crippen LogP contribution is -2.62. The lowest BCUT2D eigenvalue weighted by molar-refractivity contribution is -0.326. The number of hydrogen-bond donors (Lipinski definition) is 16. The first-order valence-corrected chi connectivity index (χ1v) is 27.2. The molecule has 2 amide bonds. The number of carbonyl (C=O) groups is 2. The van der Waals surface area contributed by atoms with E-state index < -0.39 is 148 Å².